The average Bonchev–Trinajstić information content (AvgIpc) is 2.96. The van der Waals surface area contributed by atoms with Crippen molar-refractivity contribution in [3.63, 3.8) is 0 Å². The SMILES string of the molecule is Cn1cc(-c2nn(C)c(N)c2-c2ccccn2)cn1. The average molecular weight is 254 g/mol. The van der Waals surface area contributed by atoms with Crippen molar-refractivity contribution in [3.05, 3.63) is 36.8 Å². The van der Waals surface area contributed by atoms with E-state index in [0.717, 1.165) is 22.5 Å². The summed E-state index contributed by atoms with van der Waals surface area (Å²) in [6.45, 7) is 0. The zero-order chi connectivity index (χ0) is 13.4. The molecule has 0 saturated carbocycles. The maximum atomic E-state index is 6.11. The maximum Gasteiger partial charge on any atom is 0.131 e. The van der Waals surface area contributed by atoms with Crippen molar-refractivity contribution in [3.8, 4) is 22.5 Å². The van der Waals surface area contributed by atoms with Crippen LogP contribution in [0.5, 0.6) is 0 Å². The van der Waals surface area contributed by atoms with Gasteiger partial charge >= 0.3 is 0 Å². The van der Waals surface area contributed by atoms with Gasteiger partial charge in [0.1, 0.15) is 11.5 Å². The number of nitrogen functional groups attached to an aromatic ring is 1. The minimum absolute atomic E-state index is 0.595. The van der Waals surface area contributed by atoms with Gasteiger partial charge in [0.2, 0.25) is 0 Å². The van der Waals surface area contributed by atoms with Gasteiger partial charge in [-0.05, 0) is 12.1 Å². The van der Waals surface area contributed by atoms with E-state index in [-0.39, 0.29) is 0 Å². The monoisotopic (exact) mass is 254 g/mol. The van der Waals surface area contributed by atoms with E-state index in [0.29, 0.717) is 5.82 Å². The van der Waals surface area contributed by atoms with Gasteiger partial charge in [-0.15, -0.1) is 0 Å². The summed E-state index contributed by atoms with van der Waals surface area (Å²) >= 11 is 0. The normalized spacial score (nSPS) is 10.8. The molecule has 96 valence electrons. The van der Waals surface area contributed by atoms with Crippen LogP contribution >= 0.6 is 0 Å². The van der Waals surface area contributed by atoms with Crippen LogP contribution < -0.4 is 5.73 Å². The number of hydrogen-bond donors (Lipinski definition) is 1. The minimum atomic E-state index is 0.595. The molecular formula is C13H14N6. The fourth-order valence-corrected chi connectivity index (χ4v) is 2.05. The third-order valence-electron chi connectivity index (χ3n) is 2.99. The van der Waals surface area contributed by atoms with Crippen LogP contribution in [0, 0.1) is 0 Å². The van der Waals surface area contributed by atoms with Crippen LogP contribution in [-0.2, 0) is 14.1 Å². The topological polar surface area (TPSA) is 74.5 Å². The van der Waals surface area contributed by atoms with Gasteiger partial charge in [0.15, 0.2) is 0 Å². The Labute approximate surface area is 110 Å². The molecule has 0 radical (unpaired) electrons. The summed E-state index contributed by atoms with van der Waals surface area (Å²) in [5.74, 6) is 0.595. The third-order valence-corrected chi connectivity index (χ3v) is 2.99. The van der Waals surface area contributed by atoms with Crippen LogP contribution in [0.3, 0.4) is 0 Å². The first-order valence-electron chi connectivity index (χ1n) is 5.89. The highest BCUT2D eigenvalue weighted by Gasteiger charge is 2.18. The number of hydrogen-bond acceptors (Lipinski definition) is 4. The Bertz CT molecular complexity index is 710. The Balaban J connectivity index is 2.24. The van der Waals surface area contributed by atoms with Crippen LogP contribution in [0.2, 0.25) is 0 Å². The molecule has 6 nitrogen and oxygen atoms in total. The number of nitrogens with zero attached hydrogens (tertiary/aromatic N) is 5. The first kappa shape index (κ1) is 11.5. The second kappa shape index (κ2) is 4.24. The summed E-state index contributed by atoms with van der Waals surface area (Å²) in [5.41, 5.74) is 9.49. The predicted molar refractivity (Wildman–Crippen MR) is 73.1 cm³/mol. The van der Waals surface area contributed by atoms with Crippen LogP contribution in [0.4, 0.5) is 5.82 Å². The van der Waals surface area contributed by atoms with Crippen molar-refractivity contribution in [2.75, 3.05) is 5.73 Å². The quantitative estimate of drug-likeness (QED) is 0.751. The van der Waals surface area contributed by atoms with Gasteiger partial charge in [-0.3, -0.25) is 14.3 Å². The van der Waals surface area contributed by atoms with Gasteiger partial charge in [-0.25, -0.2) is 0 Å². The van der Waals surface area contributed by atoms with Crippen LogP contribution in [0.15, 0.2) is 36.8 Å². The number of aryl methyl sites for hydroxylation is 2. The molecule has 0 aliphatic carbocycles. The Morgan fingerprint density at radius 3 is 2.68 bits per heavy atom. The van der Waals surface area contributed by atoms with E-state index in [1.807, 2.05) is 38.5 Å². The summed E-state index contributed by atoms with van der Waals surface area (Å²) in [4.78, 5) is 4.36. The molecule has 0 bridgehead atoms. The number of anilines is 1. The highest BCUT2D eigenvalue weighted by molar-refractivity contribution is 5.86. The van der Waals surface area contributed by atoms with Crippen molar-refractivity contribution < 1.29 is 0 Å². The van der Waals surface area contributed by atoms with Crippen molar-refractivity contribution >= 4 is 5.82 Å². The van der Waals surface area contributed by atoms with Gasteiger partial charge in [-0.2, -0.15) is 10.2 Å². The lowest BCUT2D eigenvalue weighted by Gasteiger charge is -2.01. The van der Waals surface area contributed by atoms with Crippen LogP contribution in [-0.4, -0.2) is 24.5 Å². The molecule has 0 amide bonds. The molecule has 3 heterocycles. The number of aromatic nitrogens is 5. The number of rotatable bonds is 2. The maximum absolute atomic E-state index is 6.11. The van der Waals surface area contributed by atoms with Crippen molar-refractivity contribution in [2.24, 2.45) is 14.1 Å². The molecule has 19 heavy (non-hydrogen) atoms. The summed E-state index contributed by atoms with van der Waals surface area (Å²) in [7, 11) is 3.69. The fourth-order valence-electron chi connectivity index (χ4n) is 2.05. The molecule has 3 aromatic heterocycles. The molecule has 3 rings (SSSR count). The van der Waals surface area contributed by atoms with Gasteiger partial charge in [0.25, 0.3) is 0 Å². The Morgan fingerprint density at radius 2 is 2.05 bits per heavy atom. The first-order chi connectivity index (χ1) is 9.16. The lowest BCUT2D eigenvalue weighted by atomic mass is 10.1. The van der Waals surface area contributed by atoms with E-state index < -0.39 is 0 Å². The molecule has 0 aromatic carbocycles. The van der Waals surface area contributed by atoms with Gasteiger partial charge in [0, 0.05) is 32.1 Å². The van der Waals surface area contributed by atoms with Crippen LogP contribution in [0.25, 0.3) is 22.5 Å². The van der Waals surface area contributed by atoms with E-state index in [4.69, 9.17) is 5.73 Å². The van der Waals surface area contributed by atoms with Crippen LogP contribution in [0.1, 0.15) is 0 Å². The zero-order valence-electron chi connectivity index (χ0n) is 10.8. The summed E-state index contributed by atoms with van der Waals surface area (Å²) in [6.07, 6.45) is 5.43. The molecular weight excluding hydrogens is 240 g/mol. The van der Waals surface area contributed by atoms with Crippen molar-refractivity contribution in [1.29, 1.82) is 0 Å². The Kier molecular flexibility index (Phi) is 2.56. The molecule has 2 N–H and O–H groups in total. The molecule has 0 aliphatic heterocycles. The molecule has 0 aliphatic rings. The zero-order valence-corrected chi connectivity index (χ0v) is 10.8. The van der Waals surface area contributed by atoms with Gasteiger partial charge in [0.05, 0.1) is 17.5 Å². The summed E-state index contributed by atoms with van der Waals surface area (Å²) in [6, 6.07) is 5.73. The van der Waals surface area contributed by atoms with Gasteiger partial charge < -0.3 is 5.73 Å². The minimum Gasteiger partial charge on any atom is -0.383 e. The van der Waals surface area contributed by atoms with E-state index >= 15 is 0 Å². The lowest BCUT2D eigenvalue weighted by Crippen LogP contribution is -1.98. The molecule has 0 fully saturated rings. The molecule has 0 spiro atoms. The Hall–Kier alpha value is -2.63. The molecule has 0 unspecified atom stereocenters. The second-order valence-corrected chi connectivity index (χ2v) is 4.35. The van der Waals surface area contributed by atoms with E-state index in [9.17, 15) is 0 Å². The molecule has 3 aromatic rings. The number of pyridine rings is 1. The van der Waals surface area contributed by atoms with Crippen molar-refractivity contribution in [2.45, 2.75) is 0 Å². The highest BCUT2D eigenvalue weighted by Crippen LogP contribution is 2.34. The van der Waals surface area contributed by atoms with E-state index in [2.05, 4.69) is 15.2 Å². The highest BCUT2D eigenvalue weighted by atomic mass is 15.3. The first-order valence-corrected chi connectivity index (χ1v) is 5.89. The molecule has 0 saturated heterocycles. The predicted octanol–water partition coefficient (Wildman–Crippen LogP) is 1.46. The largest absolute Gasteiger partial charge is 0.383 e. The van der Waals surface area contributed by atoms with Gasteiger partial charge in [-0.1, -0.05) is 6.07 Å². The Morgan fingerprint density at radius 1 is 1.21 bits per heavy atom. The van der Waals surface area contributed by atoms with Crippen molar-refractivity contribution in [1.82, 2.24) is 24.5 Å². The fraction of sp³-hybridized carbons (Fsp3) is 0.154. The summed E-state index contributed by atoms with van der Waals surface area (Å²) < 4.78 is 3.40. The molecule has 6 heteroatoms. The smallest absolute Gasteiger partial charge is 0.131 e. The number of nitrogens with two attached hydrogens (primary N) is 1. The summed E-state index contributed by atoms with van der Waals surface area (Å²) in [5, 5.41) is 8.64. The second-order valence-electron chi connectivity index (χ2n) is 4.35. The lowest BCUT2D eigenvalue weighted by molar-refractivity contribution is 0.767. The van der Waals surface area contributed by atoms with E-state index in [1.165, 1.54) is 0 Å². The molecule has 0 atom stereocenters. The standard InChI is InChI=1S/C13H14N6/c1-18-8-9(7-16-18)12-11(13(14)19(2)17-12)10-5-3-4-6-15-10/h3-8H,14H2,1-2H3. The van der Waals surface area contributed by atoms with E-state index in [1.54, 1.807) is 21.8 Å². The third kappa shape index (κ3) is 1.87.